The number of amides is 1. The van der Waals surface area contributed by atoms with Crippen molar-refractivity contribution in [1.82, 2.24) is 5.32 Å². The molecule has 0 aliphatic heterocycles. The molecule has 7 heteroatoms. The molecular weight excluding hydrogens is 348 g/mol. The van der Waals surface area contributed by atoms with E-state index in [0.29, 0.717) is 28.4 Å². The summed E-state index contributed by atoms with van der Waals surface area (Å²) in [4.78, 5) is 12.4. The largest absolute Gasteiger partial charge is 0.348 e. The lowest BCUT2D eigenvalue weighted by Gasteiger charge is -2.20. The second-order valence-electron chi connectivity index (χ2n) is 5.49. The van der Waals surface area contributed by atoms with Crippen molar-refractivity contribution in [3.63, 3.8) is 0 Å². The Hall–Kier alpha value is -2.05. The molecule has 0 spiro atoms. The molecule has 0 saturated carbocycles. The molecule has 2 rings (SSSR count). The summed E-state index contributed by atoms with van der Waals surface area (Å²) in [5, 5.41) is 3.47. The predicted molar refractivity (Wildman–Crippen MR) is 97.0 cm³/mol. The van der Waals surface area contributed by atoms with Crippen molar-refractivity contribution in [2.45, 2.75) is 13.5 Å². The van der Waals surface area contributed by atoms with Gasteiger partial charge in [-0.1, -0.05) is 29.8 Å². The minimum absolute atomic E-state index is 0.258. The van der Waals surface area contributed by atoms with E-state index in [1.54, 1.807) is 37.3 Å². The van der Waals surface area contributed by atoms with E-state index in [9.17, 15) is 13.2 Å². The van der Waals surface area contributed by atoms with Gasteiger partial charge in [0.15, 0.2) is 0 Å². The highest BCUT2D eigenvalue weighted by atomic mass is 35.5. The van der Waals surface area contributed by atoms with Crippen LogP contribution in [0.3, 0.4) is 0 Å². The Balaban J connectivity index is 2.19. The first-order valence-corrected chi connectivity index (χ1v) is 9.49. The molecule has 0 aliphatic rings. The molecule has 128 valence electrons. The van der Waals surface area contributed by atoms with Crippen LogP contribution in [0.5, 0.6) is 0 Å². The van der Waals surface area contributed by atoms with Crippen molar-refractivity contribution in [3.8, 4) is 0 Å². The maximum absolute atomic E-state index is 12.4. The van der Waals surface area contributed by atoms with Gasteiger partial charge in [0.1, 0.15) is 0 Å². The quantitative estimate of drug-likeness (QED) is 0.884. The summed E-state index contributed by atoms with van der Waals surface area (Å²) >= 11 is 5.83. The lowest BCUT2D eigenvalue weighted by Crippen LogP contribution is -2.28. The Kier molecular flexibility index (Phi) is 5.51. The predicted octanol–water partition coefficient (Wildman–Crippen LogP) is 2.97. The van der Waals surface area contributed by atoms with E-state index >= 15 is 0 Å². The maximum Gasteiger partial charge on any atom is 0.251 e. The van der Waals surface area contributed by atoms with Crippen molar-refractivity contribution in [1.29, 1.82) is 0 Å². The van der Waals surface area contributed by atoms with E-state index in [2.05, 4.69) is 5.32 Å². The number of anilines is 1. The lowest BCUT2D eigenvalue weighted by molar-refractivity contribution is 0.0950. The molecular formula is C17H19ClN2O3S. The van der Waals surface area contributed by atoms with E-state index in [1.165, 1.54) is 7.05 Å². The van der Waals surface area contributed by atoms with Gasteiger partial charge in [-0.2, -0.15) is 0 Å². The first-order valence-electron chi connectivity index (χ1n) is 7.26. The van der Waals surface area contributed by atoms with E-state index < -0.39 is 10.0 Å². The van der Waals surface area contributed by atoms with Gasteiger partial charge < -0.3 is 5.32 Å². The second-order valence-corrected chi connectivity index (χ2v) is 7.94. The molecule has 0 fully saturated rings. The standard InChI is InChI=1S/C17H19ClN2O3S/c1-12-15(5-4-6-16(12)20(2)24(3,22)23)17(21)19-11-13-7-9-14(18)10-8-13/h4-10H,11H2,1-3H3,(H,19,21). The number of sulfonamides is 1. The van der Waals surface area contributed by atoms with Crippen LogP contribution in [0.4, 0.5) is 5.69 Å². The number of hydrogen-bond donors (Lipinski definition) is 1. The number of nitrogens with zero attached hydrogens (tertiary/aromatic N) is 1. The van der Waals surface area contributed by atoms with Gasteiger partial charge >= 0.3 is 0 Å². The first-order chi connectivity index (χ1) is 11.2. The molecule has 0 saturated heterocycles. The van der Waals surface area contributed by atoms with Gasteiger partial charge in [0, 0.05) is 24.2 Å². The van der Waals surface area contributed by atoms with E-state index in [0.717, 1.165) is 16.1 Å². The van der Waals surface area contributed by atoms with Gasteiger partial charge in [-0.25, -0.2) is 8.42 Å². The Bertz CT molecular complexity index is 849. The summed E-state index contributed by atoms with van der Waals surface area (Å²) in [7, 11) is -1.93. The number of benzene rings is 2. The van der Waals surface area contributed by atoms with Crippen molar-refractivity contribution < 1.29 is 13.2 Å². The van der Waals surface area contributed by atoms with Gasteiger partial charge in [0.05, 0.1) is 11.9 Å². The molecule has 0 atom stereocenters. The van der Waals surface area contributed by atoms with Gasteiger partial charge in [-0.05, 0) is 42.3 Å². The van der Waals surface area contributed by atoms with Crippen LogP contribution in [-0.4, -0.2) is 27.6 Å². The molecule has 24 heavy (non-hydrogen) atoms. The first kappa shape index (κ1) is 18.3. The summed E-state index contributed by atoms with van der Waals surface area (Å²) in [5.41, 5.74) is 2.46. The molecule has 0 radical (unpaired) electrons. The molecule has 1 amide bonds. The summed E-state index contributed by atoms with van der Waals surface area (Å²) in [5.74, 6) is -0.258. The fourth-order valence-corrected chi connectivity index (χ4v) is 2.95. The zero-order valence-corrected chi connectivity index (χ0v) is 15.3. The van der Waals surface area contributed by atoms with Crippen molar-refractivity contribution in [3.05, 3.63) is 64.2 Å². The van der Waals surface area contributed by atoms with Gasteiger partial charge in [-0.15, -0.1) is 0 Å². The molecule has 0 aliphatic carbocycles. The molecule has 2 aromatic rings. The number of rotatable bonds is 5. The van der Waals surface area contributed by atoms with E-state index in [-0.39, 0.29) is 5.91 Å². The molecule has 0 unspecified atom stereocenters. The van der Waals surface area contributed by atoms with Crippen LogP contribution in [0, 0.1) is 6.92 Å². The van der Waals surface area contributed by atoms with Crippen molar-refractivity contribution in [2.24, 2.45) is 0 Å². The smallest absolute Gasteiger partial charge is 0.251 e. The minimum atomic E-state index is -3.39. The minimum Gasteiger partial charge on any atom is -0.348 e. The molecule has 0 heterocycles. The van der Waals surface area contributed by atoms with Crippen molar-refractivity contribution in [2.75, 3.05) is 17.6 Å². The maximum atomic E-state index is 12.4. The zero-order chi connectivity index (χ0) is 17.9. The molecule has 1 N–H and O–H groups in total. The van der Waals surface area contributed by atoms with Crippen LogP contribution in [0.1, 0.15) is 21.5 Å². The van der Waals surface area contributed by atoms with Crippen LogP contribution in [0.15, 0.2) is 42.5 Å². The Morgan fingerprint density at radius 1 is 1.17 bits per heavy atom. The Morgan fingerprint density at radius 2 is 1.79 bits per heavy atom. The average Bonchev–Trinajstić information content (AvgIpc) is 2.53. The second kappa shape index (κ2) is 7.23. The molecule has 5 nitrogen and oxygen atoms in total. The molecule has 2 aromatic carbocycles. The lowest BCUT2D eigenvalue weighted by atomic mass is 10.1. The van der Waals surface area contributed by atoms with Crippen LogP contribution in [-0.2, 0) is 16.6 Å². The summed E-state index contributed by atoms with van der Waals surface area (Å²) in [6.07, 6.45) is 1.12. The van der Waals surface area contributed by atoms with Gasteiger partial charge in [0.2, 0.25) is 10.0 Å². The van der Waals surface area contributed by atoms with Gasteiger partial charge in [0.25, 0.3) is 5.91 Å². The zero-order valence-electron chi connectivity index (χ0n) is 13.7. The SMILES string of the molecule is Cc1c(C(=O)NCc2ccc(Cl)cc2)cccc1N(C)S(C)(=O)=O. The third kappa shape index (κ3) is 4.27. The highest BCUT2D eigenvalue weighted by Gasteiger charge is 2.18. The van der Waals surface area contributed by atoms with Gasteiger partial charge in [-0.3, -0.25) is 9.10 Å². The molecule has 0 aromatic heterocycles. The summed E-state index contributed by atoms with van der Waals surface area (Å²) in [6.45, 7) is 2.09. The van der Waals surface area contributed by atoms with E-state index in [4.69, 9.17) is 11.6 Å². The fraction of sp³-hybridized carbons (Fsp3) is 0.235. The monoisotopic (exact) mass is 366 g/mol. The Labute approximate surface area is 147 Å². The van der Waals surface area contributed by atoms with Crippen LogP contribution < -0.4 is 9.62 Å². The van der Waals surface area contributed by atoms with Crippen LogP contribution >= 0.6 is 11.6 Å². The number of carbonyl (C=O) groups excluding carboxylic acids is 1. The summed E-state index contributed by atoms with van der Waals surface area (Å²) in [6, 6.07) is 12.2. The van der Waals surface area contributed by atoms with E-state index in [1.807, 2.05) is 12.1 Å². The number of halogens is 1. The third-order valence-corrected chi connectivity index (χ3v) is 5.20. The summed E-state index contributed by atoms with van der Waals surface area (Å²) < 4.78 is 24.6. The normalized spacial score (nSPS) is 11.2. The fourth-order valence-electron chi connectivity index (χ4n) is 2.27. The Morgan fingerprint density at radius 3 is 2.38 bits per heavy atom. The average molecular weight is 367 g/mol. The number of carbonyl (C=O) groups is 1. The van der Waals surface area contributed by atoms with Crippen LogP contribution in [0.25, 0.3) is 0 Å². The third-order valence-electron chi connectivity index (χ3n) is 3.75. The topological polar surface area (TPSA) is 66.5 Å². The highest BCUT2D eigenvalue weighted by molar-refractivity contribution is 7.92. The molecule has 0 bridgehead atoms. The van der Waals surface area contributed by atoms with Crippen LogP contribution in [0.2, 0.25) is 5.02 Å². The van der Waals surface area contributed by atoms with Crippen molar-refractivity contribution >= 4 is 33.2 Å². The highest BCUT2D eigenvalue weighted by Crippen LogP contribution is 2.24. The number of nitrogens with one attached hydrogen (secondary N) is 1. The number of hydrogen-bond acceptors (Lipinski definition) is 3.